The molecule has 0 fully saturated rings. The van der Waals surface area contributed by atoms with E-state index in [1.165, 1.54) is 18.3 Å². The van der Waals surface area contributed by atoms with Crippen molar-refractivity contribution in [3.63, 3.8) is 0 Å². The lowest BCUT2D eigenvalue weighted by Gasteiger charge is -2.07. The molecular formula is C20H17N3O3. The molecule has 1 heterocycles. The Hall–Kier alpha value is -3.54. The van der Waals surface area contributed by atoms with E-state index in [9.17, 15) is 9.59 Å². The number of para-hydroxylation sites is 1. The van der Waals surface area contributed by atoms with Crippen LogP contribution in [0.2, 0.25) is 0 Å². The number of carbonyl (C=O) groups excluding carboxylic acids is 1. The molecule has 2 aromatic carbocycles. The van der Waals surface area contributed by atoms with Gasteiger partial charge in [-0.1, -0.05) is 30.3 Å². The first-order chi connectivity index (χ1) is 12.5. The van der Waals surface area contributed by atoms with E-state index < -0.39 is 5.97 Å². The molecule has 0 aliphatic heterocycles. The van der Waals surface area contributed by atoms with Crippen LogP contribution < -0.4 is 5.43 Å². The van der Waals surface area contributed by atoms with Crippen LogP contribution in [0.5, 0.6) is 0 Å². The first-order valence-corrected chi connectivity index (χ1v) is 7.99. The van der Waals surface area contributed by atoms with E-state index in [0.717, 1.165) is 16.5 Å². The van der Waals surface area contributed by atoms with Crippen LogP contribution in [0, 0.1) is 13.8 Å². The lowest BCUT2D eigenvalue weighted by molar-refractivity contribution is 0.0696. The number of fused-ring (bicyclic) bond motifs is 1. The summed E-state index contributed by atoms with van der Waals surface area (Å²) < 4.78 is 0. The zero-order chi connectivity index (χ0) is 18.7. The van der Waals surface area contributed by atoms with Crippen LogP contribution in [0.15, 0.2) is 53.6 Å². The van der Waals surface area contributed by atoms with Gasteiger partial charge in [0.15, 0.2) is 0 Å². The Morgan fingerprint density at radius 2 is 1.85 bits per heavy atom. The van der Waals surface area contributed by atoms with Crippen molar-refractivity contribution < 1.29 is 14.7 Å². The maximum atomic E-state index is 12.4. The van der Waals surface area contributed by atoms with E-state index in [0.29, 0.717) is 16.8 Å². The number of pyridine rings is 1. The summed E-state index contributed by atoms with van der Waals surface area (Å²) in [4.78, 5) is 27.7. The van der Waals surface area contributed by atoms with Gasteiger partial charge in [-0.15, -0.1) is 0 Å². The van der Waals surface area contributed by atoms with Gasteiger partial charge in [-0.2, -0.15) is 5.10 Å². The molecule has 130 valence electrons. The van der Waals surface area contributed by atoms with E-state index in [-0.39, 0.29) is 11.5 Å². The number of rotatable bonds is 4. The average Bonchev–Trinajstić information content (AvgIpc) is 2.62. The second kappa shape index (κ2) is 7.14. The Balaban J connectivity index is 1.76. The highest BCUT2D eigenvalue weighted by molar-refractivity contribution is 5.99. The number of hydrazone groups is 1. The third kappa shape index (κ3) is 3.59. The lowest BCUT2D eigenvalue weighted by atomic mass is 10.1. The van der Waals surface area contributed by atoms with Gasteiger partial charge in [0.05, 0.1) is 28.6 Å². The molecule has 0 saturated heterocycles. The summed E-state index contributed by atoms with van der Waals surface area (Å²) in [5, 5.41) is 13.7. The number of aromatic carboxylic acids is 1. The number of hydrogen-bond acceptors (Lipinski definition) is 4. The molecule has 0 radical (unpaired) electrons. The minimum absolute atomic E-state index is 0.194. The molecule has 0 spiro atoms. The van der Waals surface area contributed by atoms with Gasteiger partial charge in [0.1, 0.15) is 0 Å². The first kappa shape index (κ1) is 17.3. The van der Waals surface area contributed by atoms with Gasteiger partial charge in [-0.05, 0) is 43.2 Å². The second-order valence-electron chi connectivity index (χ2n) is 5.89. The number of nitrogens with zero attached hydrogens (tertiary/aromatic N) is 2. The highest BCUT2D eigenvalue weighted by Crippen LogP contribution is 2.19. The number of carboxylic acid groups (broad SMARTS) is 1. The van der Waals surface area contributed by atoms with Crippen molar-refractivity contribution in [2.45, 2.75) is 13.8 Å². The molecule has 2 N–H and O–H groups in total. The molecule has 0 atom stereocenters. The number of nitrogens with one attached hydrogen (secondary N) is 1. The maximum Gasteiger partial charge on any atom is 0.335 e. The summed E-state index contributed by atoms with van der Waals surface area (Å²) in [5.41, 5.74) is 6.38. The highest BCUT2D eigenvalue weighted by Gasteiger charge is 2.11. The summed E-state index contributed by atoms with van der Waals surface area (Å²) in [7, 11) is 0. The van der Waals surface area contributed by atoms with E-state index >= 15 is 0 Å². The van der Waals surface area contributed by atoms with Gasteiger partial charge in [-0.3, -0.25) is 9.78 Å². The Bertz CT molecular complexity index is 1020. The standard InChI is InChI=1S/C20H17N3O3/c1-12-4-3-5-16-10-17(13(2)22-18(12)16)19(24)23-21-11-14-6-8-15(9-7-14)20(25)26/h3-11H,1-2H3,(H,23,24)(H,25,26)/b21-11-. The molecule has 0 aliphatic rings. The smallest absolute Gasteiger partial charge is 0.335 e. The number of carbonyl (C=O) groups is 2. The summed E-state index contributed by atoms with van der Waals surface area (Å²) in [6, 6.07) is 13.8. The van der Waals surface area contributed by atoms with Gasteiger partial charge >= 0.3 is 5.97 Å². The molecule has 6 nitrogen and oxygen atoms in total. The van der Waals surface area contributed by atoms with Crippen LogP contribution in [0.25, 0.3) is 10.9 Å². The summed E-state index contributed by atoms with van der Waals surface area (Å²) in [5.74, 6) is -1.34. The van der Waals surface area contributed by atoms with Crippen LogP contribution in [0.1, 0.15) is 37.5 Å². The quantitative estimate of drug-likeness (QED) is 0.559. The van der Waals surface area contributed by atoms with E-state index in [1.54, 1.807) is 25.1 Å². The third-order valence-electron chi connectivity index (χ3n) is 4.02. The fourth-order valence-electron chi connectivity index (χ4n) is 2.61. The number of benzene rings is 2. The summed E-state index contributed by atoms with van der Waals surface area (Å²) >= 11 is 0. The molecule has 0 unspecified atom stereocenters. The van der Waals surface area contributed by atoms with Crippen LogP contribution in [-0.4, -0.2) is 28.2 Å². The minimum atomic E-state index is -0.990. The first-order valence-electron chi connectivity index (χ1n) is 7.99. The Kier molecular flexibility index (Phi) is 4.75. The SMILES string of the molecule is Cc1nc2c(C)cccc2cc1C(=O)N/N=C\c1ccc(C(=O)O)cc1. The van der Waals surface area contributed by atoms with Gasteiger partial charge in [-0.25, -0.2) is 10.2 Å². The number of aromatic nitrogens is 1. The average molecular weight is 347 g/mol. The van der Waals surface area contributed by atoms with Crippen molar-refractivity contribution in [2.75, 3.05) is 0 Å². The molecule has 26 heavy (non-hydrogen) atoms. The predicted octanol–water partition coefficient (Wildman–Crippen LogP) is 3.31. The van der Waals surface area contributed by atoms with E-state index in [4.69, 9.17) is 5.11 Å². The van der Waals surface area contributed by atoms with Crippen molar-refractivity contribution in [1.82, 2.24) is 10.4 Å². The molecule has 0 bridgehead atoms. The van der Waals surface area contributed by atoms with Gasteiger partial charge in [0.2, 0.25) is 0 Å². The fourth-order valence-corrected chi connectivity index (χ4v) is 2.61. The second-order valence-corrected chi connectivity index (χ2v) is 5.89. The lowest BCUT2D eigenvalue weighted by Crippen LogP contribution is -2.19. The number of aryl methyl sites for hydroxylation is 2. The molecule has 1 amide bonds. The van der Waals surface area contributed by atoms with Crippen molar-refractivity contribution in [3.8, 4) is 0 Å². The summed E-state index contributed by atoms with van der Waals surface area (Å²) in [6.07, 6.45) is 1.46. The Morgan fingerprint density at radius 1 is 1.12 bits per heavy atom. The third-order valence-corrected chi connectivity index (χ3v) is 4.02. The summed E-state index contributed by atoms with van der Waals surface area (Å²) in [6.45, 7) is 3.77. The van der Waals surface area contributed by atoms with Gasteiger partial charge < -0.3 is 5.11 Å². The Labute approximate surface area is 150 Å². The predicted molar refractivity (Wildman–Crippen MR) is 99.7 cm³/mol. The molecule has 0 saturated carbocycles. The number of carboxylic acids is 1. The van der Waals surface area contributed by atoms with Gasteiger partial charge in [0.25, 0.3) is 5.91 Å². The van der Waals surface area contributed by atoms with Crippen molar-refractivity contribution in [1.29, 1.82) is 0 Å². The molecule has 0 aliphatic carbocycles. The van der Waals surface area contributed by atoms with Crippen LogP contribution in [0.4, 0.5) is 0 Å². The van der Waals surface area contributed by atoms with Crippen LogP contribution >= 0.6 is 0 Å². The maximum absolute atomic E-state index is 12.4. The molecule has 6 heteroatoms. The van der Waals surface area contributed by atoms with Crippen molar-refractivity contribution >= 4 is 29.0 Å². The zero-order valence-corrected chi connectivity index (χ0v) is 14.4. The van der Waals surface area contributed by atoms with Crippen LogP contribution in [-0.2, 0) is 0 Å². The molecule has 3 aromatic rings. The molecule has 3 rings (SSSR count). The van der Waals surface area contributed by atoms with E-state index in [1.807, 2.05) is 25.1 Å². The van der Waals surface area contributed by atoms with E-state index in [2.05, 4.69) is 15.5 Å². The highest BCUT2D eigenvalue weighted by atomic mass is 16.4. The normalized spacial score (nSPS) is 11.0. The Morgan fingerprint density at radius 3 is 2.54 bits per heavy atom. The number of amides is 1. The monoisotopic (exact) mass is 347 g/mol. The molecule has 1 aromatic heterocycles. The van der Waals surface area contributed by atoms with Crippen LogP contribution in [0.3, 0.4) is 0 Å². The zero-order valence-electron chi connectivity index (χ0n) is 14.4. The largest absolute Gasteiger partial charge is 0.478 e. The minimum Gasteiger partial charge on any atom is -0.478 e. The topological polar surface area (TPSA) is 91.7 Å². The molecular weight excluding hydrogens is 330 g/mol. The number of hydrogen-bond donors (Lipinski definition) is 2. The van der Waals surface area contributed by atoms with Crippen molar-refractivity contribution in [2.24, 2.45) is 5.10 Å². The van der Waals surface area contributed by atoms with Crippen molar-refractivity contribution in [3.05, 3.63) is 76.5 Å². The fraction of sp³-hybridized carbons (Fsp3) is 0.100. The van der Waals surface area contributed by atoms with Gasteiger partial charge in [0, 0.05) is 5.39 Å².